The van der Waals surface area contributed by atoms with Gasteiger partial charge in [-0.25, -0.2) is 4.39 Å². The van der Waals surface area contributed by atoms with E-state index < -0.39 is 5.92 Å². The molecule has 2 rings (SSSR count). The molecule has 2 aromatic carbocycles. The Labute approximate surface area is 153 Å². The van der Waals surface area contributed by atoms with Crippen LogP contribution in [0.3, 0.4) is 0 Å². The van der Waals surface area contributed by atoms with Gasteiger partial charge < -0.3 is 9.64 Å². The van der Waals surface area contributed by atoms with Gasteiger partial charge in [0.25, 0.3) is 0 Å². The van der Waals surface area contributed by atoms with Gasteiger partial charge in [-0.3, -0.25) is 9.59 Å². The summed E-state index contributed by atoms with van der Waals surface area (Å²) in [6, 6.07) is 13.8. The molecule has 0 aliphatic rings. The number of hydrogen-bond donors (Lipinski definition) is 0. The van der Waals surface area contributed by atoms with Crippen molar-refractivity contribution in [3.8, 4) is 0 Å². The highest BCUT2D eigenvalue weighted by molar-refractivity contribution is 5.80. The summed E-state index contributed by atoms with van der Waals surface area (Å²) in [4.78, 5) is 26.2. The predicted octanol–water partition coefficient (Wildman–Crippen LogP) is 3.51. The molecule has 0 aliphatic carbocycles. The largest absolute Gasteiger partial charge is 0.469 e. The van der Waals surface area contributed by atoms with Crippen LogP contribution in [-0.4, -0.2) is 30.4 Å². The number of nitrogens with zero attached hydrogens (tertiary/aromatic N) is 1. The van der Waals surface area contributed by atoms with Crippen LogP contribution in [0, 0.1) is 18.7 Å². The minimum absolute atomic E-state index is 0.118. The maximum atomic E-state index is 13.1. The van der Waals surface area contributed by atoms with E-state index in [9.17, 15) is 14.0 Å². The van der Waals surface area contributed by atoms with Crippen molar-refractivity contribution in [1.29, 1.82) is 0 Å². The molecule has 0 aliphatic heterocycles. The van der Waals surface area contributed by atoms with Crippen LogP contribution in [0.2, 0.25) is 0 Å². The third kappa shape index (κ3) is 5.69. The van der Waals surface area contributed by atoms with Crippen molar-refractivity contribution in [2.24, 2.45) is 5.92 Å². The van der Waals surface area contributed by atoms with Crippen LogP contribution < -0.4 is 0 Å². The monoisotopic (exact) mass is 357 g/mol. The Hall–Kier alpha value is -2.69. The number of carbonyl (C=O) groups is 2. The summed E-state index contributed by atoms with van der Waals surface area (Å²) in [5, 5.41) is 0. The van der Waals surface area contributed by atoms with Gasteiger partial charge in [-0.1, -0.05) is 48.9 Å². The lowest BCUT2D eigenvalue weighted by Gasteiger charge is -2.25. The summed E-state index contributed by atoms with van der Waals surface area (Å²) in [7, 11) is 1.34. The van der Waals surface area contributed by atoms with E-state index in [0.29, 0.717) is 6.54 Å². The number of hydrogen-bond acceptors (Lipinski definition) is 3. The molecule has 0 heterocycles. The lowest BCUT2D eigenvalue weighted by Crippen LogP contribution is -2.37. The van der Waals surface area contributed by atoms with E-state index in [1.807, 2.05) is 31.2 Å². The van der Waals surface area contributed by atoms with Gasteiger partial charge in [0.1, 0.15) is 5.82 Å². The van der Waals surface area contributed by atoms with Crippen LogP contribution in [0.1, 0.15) is 23.6 Å². The smallest absolute Gasteiger partial charge is 0.310 e. The zero-order valence-corrected chi connectivity index (χ0v) is 15.4. The molecule has 4 nitrogen and oxygen atoms in total. The van der Waals surface area contributed by atoms with Crippen molar-refractivity contribution < 1.29 is 18.7 Å². The van der Waals surface area contributed by atoms with Gasteiger partial charge in [0.2, 0.25) is 5.91 Å². The average molecular weight is 357 g/mol. The summed E-state index contributed by atoms with van der Waals surface area (Å²) in [6.07, 6.45) is 0.153. The molecule has 1 amide bonds. The van der Waals surface area contributed by atoms with E-state index in [1.165, 1.54) is 19.2 Å². The molecular formula is C21H24FNO3. The fourth-order valence-corrected chi connectivity index (χ4v) is 2.66. The van der Waals surface area contributed by atoms with Gasteiger partial charge in [-0.05, 0) is 30.2 Å². The first-order chi connectivity index (χ1) is 12.4. The Bertz CT molecular complexity index is 741. The summed E-state index contributed by atoms with van der Waals surface area (Å²) in [5.74, 6) is -1.24. The number of ether oxygens (including phenoxy) is 1. The van der Waals surface area contributed by atoms with E-state index >= 15 is 0 Å². The number of halogens is 1. The molecule has 5 heteroatoms. The van der Waals surface area contributed by atoms with Crippen LogP contribution in [0.25, 0.3) is 0 Å². The minimum atomic E-state index is -0.428. The van der Waals surface area contributed by atoms with Gasteiger partial charge in [-0.15, -0.1) is 0 Å². The zero-order valence-electron chi connectivity index (χ0n) is 15.4. The quantitative estimate of drug-likeness (QED) is 0.713. The number of esters is 1. The average Bonchev–Trinajstić information content (AvgIpc) is 2.64. The highest BCUT2D eigenvalue weighted by atomic mass is 19.1. The maximum absolute atomic E-state index is 13.1. The summed E-state index contributed by atoms with van der Waals surface area (Å²) >= 11 is 0. The van der Waals surface area contributed by atoms with Crippen LogP contribution in [0.15, 0.2) is 48.5 Å². The van der Waals surface area contributed by atoms with Crippen molar-refractivity contribution in [2.45, 2.75) is 26.8 Å². The Kier molecular flexibility index (Phi) is 6.89. The Morgan fingerprint density at radius 2 is 1.62 bits per heavy atom. The Balaban J connectivity index is 2.14. The summed E-state index contributed by atoms with van der Waals surface area (Å²) < 4.78 is 17.8. The molecule has 0 fully saturated rings. The Morgan fingerprint density at radius 1 is 1.04 bits per heavy atom. The van der Waals surface area contributed by atoms with Crippen molar-refractivity contribution >= 4 is 11.9 Å². The van der Waals surface area contributed by atoms with Gasteiger partial charge in [0, 0.05) is 13.1 Å². The van der Waals surface area contributed by atoms with Crippen LogP contribution in [0.4, 0.5) is 4.39 Å². The topological polar surface area (TPSA) is 46.6 Å². The number of aryl methyl sites for hydroxylation is 1. The molecule has 0 radical (unpaired) electrons. The SMILES string of the molecule is COC(=O)C(C)CN(Cc1ccc(C)cc1)C(=O)Cc1ccc(F)cc1. The molecule has 0 saturated carbocycles. The third-order valence-electron chi connectivity index (χ3n) is 4.21. The summed E-state index contributed by atoms with van der Waals surface area (Å²) in [6.45, 7) is 4.40. The van der Waals surface area contributed by atoms with Crippen molar-refractivity contribution in [3.63, 3.8) is 0 Å². The lowest BCUT2D eigenvalue weighted by atomic mass is 10.1. The van der Waals surface area contributed by atoms with E-state index in [0.717, 1.165) is 16.7 Å². The lowest BCUT2D eigenvalue weighted by molar-refractivity contribution is -0.146. The second-order valence-corrected chi connectivity index (χ2v) is 6.49. The van der Waals surface area contributed by atoms with E-state index in [-0.39, 0.29) is 30.7 Å². The first kappa shape index (κ1) is 19.6. The van der Waals surface area contributed by atoms with Crippen LogP contribution in [0.5, 0.6) is 0 Å². The standard InChI is InChI=1S/C21H24FNO3/c1-15-4-6-18(7-5-15)14-23(13-16(2)21(25)26-3)20(24)12-17-8-10-19(22)11-9-17/h4-11,16H,12-14H2,1-3H3. The van der Waals surface area contributed by atoms with Crippen LogP contribution in [-0.2, 0) is 27.3 Å². The highest BCUT2D eigenvalue weighted by Crippen LogP contribution is 2.13. The molecule has 0 saturated heterocycles. The first-order valence-corrected chi connectivity index (χ1v) is 8.54. The molecule has 1 atom stereocenters. The molecule has 2 aromatic rings. The van der Waals surface area contributed by atoms with Gasteiger partial charge in [0.15, 0.2) is 0 Å². The number of carbonyl (C=O) groups excluding carboxylic acids is 2. The molecule has 26 heavy (non-hydrogen) atoms. The number of rotatable bonds is 7. The predicted molar refractivity (Wildman–Crippen MR) is 97.9 cm³/mol. The molecule has 0 aromatic heterocycles. The van der Waals surface area contributed by atoms with Crippen LogP contribution >= 0.6 is 0 Å². The number of amides is 1. The van der Waals surface area contributed by atoms with E-state index in [2.05, 4.69) is 0 Å². The zero-order chi connectivity index (χ0) is 19.1. The van der Waals surface area contributed by atoms with Gasteiger partial charge in [-0.2, -0.15) is 0 Å². The first-order valence-electron chi connectivity index (χ1n) is 8.54. The minimum Gasteiger partial charge on any atom is -0.469 e. The van der Waals surface area contributed by atoms with Crippen molar-refractivity contribution in [3.05, 3.63) is 71.0 Å². The Morgan fingerprint density at radius 3 is 2.19 bits per heavy atom. The second kappa shape index (κ2) is 9.13. The van der Waals surface area contributed by atoms with Gasteiger partial charge in [0.05, 0.1) is 19.4 Å². The van der Waals surface area contributed by atoms with Crippen molar-refractivity contribution in [2.75, 3.05) is 13.7 Å². The number of benzene rings is 2. The van der Waals surface area contributed by atoms with E-state index in [4.69, 9.17) is 4.74 Å². The molecule has 0 bridgehead atoms. The fraction of sp³-hybridized carbons (Fsp3) is 0.333. The van der Waals surface area contributed by atoms with Gasteiger partial charge >= 0.3 is 5.97 Å². The molecular weight excluding hydrogens is 333 g/mol. The molecule has 138 valence electrons. The van der Waals surface area contributed by atoms with Crippen molar-refractivity contribution in [1.82, 2.24) is 4.90 Å². The third-order valence-corrected chi connectivity index (χ3v) is 4.21. The second-order valence-electron chi connectivity index (χ2n) is 6.49. The normalized spacial score (nSPS) is 11.7. The summed E-state index contributed by atoms with van der Waals surface area (Å²) in [5.41, 5.74) is 2.86. The van der Waals surface area contributed by atoms with E-state index in [1.54, 1.807) is 24.0 Å². The fourth-order valence-electron chi connectivity index (χ4n) is 2.66. The molecule has 0 N–H and O–H groups in total. The maximum Gasteiger partial charge on any atom is 0.310 e. The molecule has 0 spiro atoms. The number of methoxy groups -OCH3 is 1. The molecule has 1 unspecified atom stereocenters. The highest BCUT2D eigenvalue weighted by Gasteiger charge is 2.22.